The summed E-state index contributed by atoms with van der Waals surface area (Å²) < 4.78 is 5.44. The van der Waals surface area contributed by atoms with E-state index in [0.29, 0.717) is 6.10 Å². The number of hydrogen-bond donors (Lipinski definition) is 1. The fourth-order valence-corrected chi connectivity index (χ4v) is 2.43. The number of aliphatic hydroxyl groups is 1. The van der Waals surface area contributed by atoms with Crippen molar-refractivity contribution in [3.8, 4) is 0 Å². The number of hydrogen-bond acceptors (Lipinski definition) is 2. The van der Waals surface area contributed by atoms with Crippen molar-refractivity contribution in [3.05, 3.63) is 0 Å². The highest BCUT2D eigenvalue weighted by atomic mass is 16.6. The molecule has 1 aliphatic heterocycles. The Balaban J connectivity index is 2.24. The quantitative estimate of drug-likeness (QED) is 0.714. The Bertz CT molecular complexity index is 141. The third-order valence-electron chi connectivity index (χ3n) is 3.08. The molecule has 2 atom stereocenters. The molecule has 0 bridgehead atoms. The molecule has 2 unspecified atom stereocenters. The molecule has 14 heavy (non-hydrogen) atoms. The number of rotatable bonds is 6. The van der Waals surface area contributed by atoms with Gasteiger partial charge < -0.3 is 9.84 Å². The predicted molar refractivity (Wildman–Crippen MR) is 58.0 cm³/mol. The Labute approximate surface area is 87.7 Å². The minimum atomic E-state index is -0.482. The maximum absolute atomic E-state index is 9.25. The topological polar surface area (TPSA) is 29.5 Å². The summed E-state index contributed by atoms with van der Waals surface area (Å²) in [6, 6.07) is 0. The van der Waals surface area contributed by atoms with Gasteiger partial charge in [0.25, 0.3) is 0 Å². The molecular formula is C12H24O2. The van der Waals surface area contributed by atoms with Gasteiger partial charge in [-0.2, -0.15) is 0 Å². The highest BCUT2D eigenvalue weighted by molar-refractivity contribution is 4.71. The fourth-order valence-electron chi connectivity index (χ4n) is 2.43. The van der Waals surface area contributed by atoms with E-state index in [2.05, 4.69) is 13.8 Å². The van der Waals surface area contributed by atoms with E-state index < -0.39 is 6.29 Å². The highest BCUT2D eigenvalue weighted by Gasteiger charge is 2.25. The smallest absolute Gasteiger partial charge is 0.154 e. The summed E-state index contributed by atoms with van der Waals surface area (Å²) in [5, 5.41) is 9.25. The molecule has 0 aromatic carbocycles. The Morgan fingerprint density at radius 1 is 1.21 bits per heavy atom. The molecule has 84 valence electrons. The van der Waals surface area contributed by atoms with Gasteiger partial charge in [0, 0.05) is 6.42 Å². The van der Waals surface area contributed by atoms with Crippen LogP contribution in [0.4, 0.5) is 0 Å². The second kappa shape index (κ2) is 6.41. The van der Waals surface area contributed by atoms with Crippen molar-refractivity contribution in [2.45, 2.75) is 71.2 Å². The SMILES string of the molecule is CCCC(CCC)CC1CCC(O)O1. The Morgan fingerprint density at radius 2 is 1.86 bits per heavy atom. The number of ether oxygens (including phenoxy) is 1. The predicted octanol–water partition coefficient (Wildman–Crippen LogP) is 3.09. The molecule has 0 saturated carbocycles. The maximum atomic E-state index is 9.25. The molecule has 1 rings (SSSR count). The molecule has 0 aromatic rings. The van der Waals surface area contributed by atoms with Gasteiger partial charge in [-0.1, -0.05) is 39.5 Å². The summed E-state index contributed by atoms with van der Waals surface area (Å²) in [4.78, 5) is 0. The average molecular weight is 200 g/mol. The van der Waals surface area contributed by atoms with Crippen molar-refractivity contribution in [1.82, 2.24) is 0 Å². The molecule has 0 spiro atoms. The van der Waals surface area contributed by atoms with Crippen LogP contribution < -0.4 is 0 Å². The lowest BCUT2D eigenvalue weighted by Crippen LogP contribution is -2.15. The van der Waals surface area contributed by atoms with E-state index in [-0.39, 0.29) is 0 Å². The summed E-state index contributed by atoms with van der Waals surface area (Å²) in [6.45, 7) is 4.49. The van der Waals surface area contributed by atoms with Gasteiger partial charge in [-0.3, -0.25) is 0 Å². The van der Waals surface area contributed by atoms with E-state index in [4.69, 9.17) is 4.74 Å². The summed E-state index contributed by atoms with van der Waals surface area (Å²) >= 11 is 0. The van der Waals surface area contributed by atoms with Crippen LogP contribution in [0.1, 0.15) is 58.8 Å². The Kier molecular flexibility index (Phi) is 5.49. The van der Waals surface area contributed by atoms with Crippen LogP contribution in [0, 0.1) is 5.92 Å². The maximum Gasteiger partial charge on any atom is 0.154 e. The molecule has 0 aliphatic carbocycles. The summed E-state index contributed by atoms with van der Waals surface area (Å²) in [6.07, 6.45) is 8.02. The van der Waals surface area contributed by atoms with Crippen LogP contribution in [0.15, 0.2) is 0 Å². The fraction of sp³-hybridized carbons (Fsp3) is 1.00. The molecule has 1 heterocycles. The van der Waals surface area contributed by atoms with Crippen LogP contribution in [0.2, 0.25) is 0 Å². The van der Waals surface area contributed by atoms with Gasteiger partial charge in [0.2, 0.25) is 0 Å². The lowest BCUT2D eigenvalue weighted by molar-refractivity contribution is -0.0952. The van der Waals surface area contributed by atoms with E-state index >= 15 is 0 Å². The minimum absolute atomic E-state index is 0.327. The lowest BCUT2D eigenvalue weighted by atomic mass is 9.91. The van der Waals surface area contributed by atoms with E-state index in [1.807, 2.05) is 0 Å². The van der Waals surface area contributed by atoms with E-state index in [0.717, 1.165) is 25.2 Å². The van der Waals surface area contributed by atoms with E-state index in [1.54, 1.807) is 0 Å². The van der Waals surface area contributed by atoms with Crippen LogP contribution >= 0.6 is 0 Å². The third kappa shape index (κ3) is 3.97. The van der Waals surface area contributed by atoms with Gasteiger partial charge in [0.05, 0.1) is 6.10 Å². The third-order valence-corrected chi connectivity index (χ3v) is 3.08. The first-order valence-electron chi connectivity index (χ1n) is 6.09. The minimum Gasteiger partial charge on any atom is -0.368 e. The van der Waals surface area contributed by atoms with Crippen LogP contribution in [-0.4, -0.2) is 17.5 Å². The van der Waals surface area contributed by atoms with Crippen molar-refractivity contribution in [2.24, 2.45) is 5.92 Å². The molecule has 1 aliphatic rings. The Morgan fingerprint density at radius 3 is 2.29 bits per heavy atom. The van der Waals surface area contributed by atoms with Gasteiger partial charge in [-0.15, -0.1) is 0 Å². The molecule has 2 heteroatoms. The van der Waals surface area contributed by atoms with Crippen molar-refractivity contribution < 1.29 is 9.84 Å². The molecule has 1 fully saturated rings. The van der Waals surface area contributed by atoms with Crippen LogP contribution in [0.3, 0.4) is 0 Å². The monoisotopic (exact) mass is 200 g/mol. The van der Waals surface area contributed by atoms with Gasteiger partial charge in [-0.05, 0) is 18.8 Å². The largest absolute Gasteiger partial charge is 0.368 e. The lowest BCUT2D eigenvalue weighted by Gasteiger charge is -2.19. The highest BCUT2D eigenvalue weighted by Crippen LogP contribution is 2.27. The molecule has 1 N–H and O–H groups in total. The van der Waals surface area contributed by atoms with E-state index in [1.165, 1.54) is 25.7 Å². The van der Waals surface area contributed by atoms with Gasteiger partial charge in [0.1, 0.15) is 0 Å². The second-order valence-electron chi connectivity index (χ2n) is 4.47. The first-order chi connectivity index (χ1) is 6.76. The van der Waals surface area contributed by atoms with Gasteiger partial charge in [0.15, 0.2) is 6.29 Å². The average Bonchev–Trinajstić information content (AvgIpc) is 2.52. The normalized spacial score (nSPS) is 27.4. The molecule has 1 saturated heterocycles. The van der Waals surface area contributed by atoms with E-state index in [9.17, 15) is 5.11 Å². The van der Waals surface area contributed by atoms with Crippen molar-refractivity contribution in [3.63, 3.8) is 0 Å². The second-order valence-corrected chi connectivity index (χ2v) is 4.47. The zero-order valence-electron chi connectivity index (χ0n) is 9.54. The zero-order chi connectivity index (χ0) is 10.4. The van der Waals surface area contributed by atoms with Gasteiger partial charge >= 0.3 is 0 Å². The first-order valence-corrected chi connectivity index (χ1v) is 6.09. The summed E-state index contributed by atoms with van der Waals surface area (Å²) in [7, 11) is 0. The summed E-state index contributed by atoms with van der Waals surface area (Å²) in [5.74, 6) is 0.806. The van der Waals surface area contributed by atoms with Crippen LogP contribution in [-0.2, 0) is 4.74 Å². The molecular weight excluding hydrogens is 176 g/mol. The van der Waals surface area contributed by atoms with Crippen LogP contribution in [0.5, 0.6) is 0 Å². The van der Waals surface area contributed by atoms with Crippen LogP contribution in [0.25, 0.3) is 0 Å². The molecule has 0 aromatic heterocycles. The zero-order valence-corrected chi connectivity index (χ0v) is 9.54. The standard InChI is InChI=1S/C12H24O2/c1-3-5-10(6-4-2)9-11-7-8-12(13)14-11/h10-13H,3-9H2,1-2H3. The van der Waals surface area contributed by atoms with Gasteiger partial charge in [-0.25, -0.2) is 0 Å². The van der Waals surface area contributed by atoms with Crippen molar-refractivity contribution >= 4 is 0 Å². The van der Waals surface area contributed by atoms with Crippen molar-refractivity contribution in [2.75, 3.05) is 0 Å². The summed E-state index contributed by atoms with van der Waals surface area (Å²) in [5.41, 5.74) is 0. The number of aliphatic hydroxyl groups excluding tert-OH is 1. The molecule has 0 radical (unpaired) electrons. The molecule has 2 nitrogen and oxygen atoms in total. The first kappa shape index (κ1) is 12.0. The Hall–Kier alpha value is -0.0800. The molecule has 0 amide bonds. The van der Waals surface area contributed by atoms with Crippen molar-refractivity contribution in [1.29, 1.82) is 0 Å².